The van der Waals surface area contributed by atoms with Crippen LogP contribution in [0.5, 0.6) is 0 Å². The van der Waals surface area contributed by atoms with Gasteiger partial charge in [0.25, 0.3) is 5.91 Å². The van der Waals surface area contributed by atoms with E-state index < -0.39 is 0 Å². The summed E-state index contributed by atoms with van der Waals surface area (Å²) in [7, 11) is 0. The Labute approximate surface area is 151 Å². The number of halogens is 1. The van der Waals surface area contributed by atoms with Gasteiger partial charge < -0.3 is 10.6 Å². The van der Waals surface area contributed by atoms with E-state index in [-0.39, 0.29) is 18.0 Å². The molecule has 0 aliphatic carbocycles. The second-order valence-electron chi connectivity index (χ2n) is 6.14. The molecule has 8 heteroatoms. The van der Waals surface area contributed by atoms with Crippen molar-refractivity contribution in [1.29, 1.82) is 0 Å². The van der Waals surface area contributed by atoms with Crippen LogP contribution in [-0.4, -0.2) is 33.1 Å². The van der Waals surface area contributed by atoms with Gasteiger partial charge in [0, 0.05) is 18.5 Å². The number of benzene rings is 1. The molecule has 1 aromatic carbocycles. The molecular formula is C17H21ClN6O. The average molecular weight is 361 g/mol. The summed E-state index contributed by atoms with van der Waals surface area (Å²) in [4.78, 5) is 14.7. The van der Waals surface area contributed by atoms with Crippen molar-refractivity contribution in [3.63, 3.8) is 0 Å². The number of amides is 1. The van der Waals surface area contributed by atoms with Gasteiger partial charge in [-0.25, -0.2) is 5.84 Å². The summed E-state index contributed by atoms with van der Waals surface area (Å²) in [6.45, 7) is 3.86. The number of hydrogen-bond donors (Lipinski definition) is 3. The predicted molar refractivity (Wildman–Crippen MR) is 97.6 cm³/mol. The number of rotatable bonds is 3. The minimum Gasteiger partial charge on any atom is -0.399 e. The van der Waals surface area contributed by atoms with Crippen LogP contribution in [0.1, 0.15) is 30.6 Å². The van der Waals surface area contributed by atoms with E-state index in [1.54, 1.807) is 41.4 Å². The van der Waals surface area contributed by atoms with E-state index in [2.05, 4.69) is 10.2 Å². The van der Waals surface area contributed by atoms with E-state index in [4.69, 9.17) is 23.2 Å². The van der Waals surface area contributed by atoms with Crippen LogP contribution in [0.25, 0.3) is 0 Å². The molecule has 1 amide bonds. The van der Waals surface area contributed by atoms with Crippen molar-refractivity contribution in [3.8, 4) is 0 Å². The summed E-state index contributed by atoms with van der Waals surface area (Å²) in [6.07, 6.45) is 2.15. The third-order valence-corrected chi connectivity index (χ3v) is 4.87. The molecule has 3 rings (SSSR count). The number of aromatic nitrogens is 2. The van der Waals surface area contributed by atoms with Crippen LogP contribution in [0.4, 0.5) is 5.82 Å². The Morgan fingerprint density at radius 3 is 2.72 bits per heavy atom. The smallest absolute Gasteiger partial charge is 0.256 e. The van der Waals surface area contributed by atoms with Crippen molar-refractivity contribution < 1.29 is 4.79 Å². The number of nitrogens with two attached hydrogens (primary N) is 2. The molecule has 25 heavy (non-hydrogen) atoms. The lowest BCUT2D eigenvalue weighted by molar-refractivity contribution is 0.0616. The first-order valence-corrected chi connectivity index (χ1v) is 8.39. The van der Waals surface area contributed by atoms with Crippen LogP contribution >= 0.6 is 11.6 Å². The fourth-order valence-electron chi connectivity index (χ4n) is 3.18. The summed E-state index contributed by atoms with van der Waals surface area (Å²) in [5, 5.41) is 8.64. The number of carbonyl (C=O) groups is 1. The molecule has 0 fully saturated rings. The molecule has 2 aromatic rings. The molecule has 7 nitrogen and oxygen atoms in total. The maximum Gasteiger partial charge on any atom is 0.256 e. The van der Waals surface area contributed by atoms with Crippen molar-refractivity contribution in [1.82, 2.24) is 15.1 Å². The summed E-state index contributed by atoms with van der Waals surface area (Å²) in [6, 6.07) is 8.38. The topological polar surface area (TPSA) is 104 Å². The summed E-state index contributed by atoms with van der Waals surface area (Å²) >= 11 is 6.19. The number of carbonyl (C=O) groups excluding carboxylic acids is 1. The minimum atomic E-state index is -0.309. The molecule has 1 aromatic heterocycles. The molecule has 132 valence electrons. The number of aromatic amines is 1. The largest absolute Gasteiger partial charge is 0.399 e. The molecule has 5 N–H and O–H groups in total. The molecule has 0 spiro atoms. The SMILES string of the molecule is CC1CC(N(N)c2ccn[nH]2)=C(N)C(C)N1C(=O)c1ccccc1Cl. The van der Waals surface area contributed by atoms with E-state index in [0.29, 0.717) is 28.5 Å². The fourth-order valence-corrected chi connectivity index (χ4v) is 3.40. The maximum atomic E-state index is 13.0. The predicted octanol–water partition coefficient (Wildman–Crippen LogP) is 2.24. The summed E-state index contributed by atoms with van der Waals surface area (Å²) < 4.78 is 0. The Morgan fingerprint density at radius 1 is 1.36 bits per heavy atom. The van der Waals surface area contributed by atoms with Gasteiger partial charge in [0.05, 0.1) is 34.2 Å². The molecule has 0 bridgehead atoms. The number of anilines is 1. The first-order valence-electron chi connectivity index (χ1n) is 8.01. The van der Waals surface area contributed by atoms with Crippen molar-refractivity contribution >= 4 is 23.3 Å². The molecule has 2 heterocycles. The van der Waals surface area contributed by atoms with Gasteiger partial charge in [0.2, 0.25) is 0 Å². The number of nitrogens with zero attached hydrogens (tertiary/aromatic N) is 3. The van der Waals surface area contributed by atoms with Gasteiger partial charge in [-0.3, -0.25) is 14.9 Å². The van der Waals surface area contributed by atoms with E-state index in [1.165, 1.54) is 5.01 Å². The van der Waals surface area contributed by atoms with Crippen LogP contribution < -0.4 is 16.6 Å². The lowest BCUT2D eigenvalue weighted by Crippen LogP contribution is -2.53. The Morgan fingerprint density at radius 2 is 2.08 bits per heavy atom. The van der Waals surface area contributed by atoms with Gasteiger partial charge in [0.15, 0.2) is 0 Å². The Bertz CT molecular complexity index is 803. The van der Waals surface area contributed by atoms with Crippen LogP contribution in [0.2, 0.25) is 5.02 Å². The highest BCUT2D eigenvalue weighted by Gasteiger charge is 2.36. The Hall–Kier alpha value is -2.51. The highest BCUT2D eigenvalue weighted by molar-refractivity contribution is 6.33. The van der Waals surface area contributed by atoms with Gasteiger partial charge in [-0.1, -0.05) is 23.7 Å². The zero-order valence-corrected chi connectivity index (χ0v) is 14.9. The van der Waals surface area contributed by atoms with Crippen LogP contribution in [0.15, 0.2) is 47.9 Å². The Kier molecular flexibility index (Phi) is 4.69. The third kappa shape index (κ3) is 3.08. The van der Waals surface area contributed by atoms with Crippen molar-refractivity contribution in [3.05, 3.63) is 58.5 Å². The van der Waals surface area contributed by atoms with Gasteiger partial charge in [-0.2, -0.15) is 5.10 Å². The monoisotopic (exact) mass is 360 g/mol. The van der Waals surface area contributed by atoms with Crippen LogP contribution in [0, 0.1) is 0 Å². The maximum absolute atomic E-state index is 13.0. The first kappa shape index (κ1) is 17.3. The number of H-pyrrole nitrogens is 1. The second-order valence-corrected chi connectivity index (χ2v) is 6.54. The van der Waals surface area contributed by atoms with E-state index in [0.717, 1.165) is 5.70 Å². The van der Waals surface area contributed by atoms with Crippen LogP contribution in [0.3, 0.4) is 0 Å². The Balaban J connectivity index is 1.93. The third-order valence-electron chi connectivity index (χ3n) is 4.54. The van der Waals surface area contributed by atoms with Crippen molar-refractivity contribution in [2.24, 2.45) is 11.6 Å². The fraction of sp³-hybridized carbons (Fsp3) is 0.294. The zero-order valence-electron chi connectivity index (χ0n) is 14.1. The standard InChI is InChI=1S/C17H21ClN6O/c1-10-9-14(24(20)15-7-8-21-22-15)16(19)11(2)23(10)17(25)12-5-3-4-6-13(12)18/h3-8,10-11H,9,19-20H2,1-2H3,(H,21,22). The van der Waals surface area contributed by atoms with Gasteiger partial charge in [-0.15, -0.1) is 0 Å². The van der Waals surface area contributed by atoms with Crippen molar-refractivity contribution in [2.45, 2.75) is 32.4 Å². The summed E-state index contributed by atoms with van der Waals surface area (Å²) in [5.41, 5.74) is 8.12. The van der Waals surface area contributed by atoms with Gasteiger partial charge in [-0.05, 0) is 26.0 Å². The number of nitrogens with one attached hydrogen (secondary N) is 1. The first-order chi connectivity index (χ1) is 11.9. The lowest BCUT2D eigenvalue weighted by atomic mass is 9.96. The lowest BCUT2D eigenvalue weighted by Gasteiger charge is -2.42. The molecule has 1 aliphatic rings. The molecular weight excluding hydrogens is 340 g/mol. The second kappa shape index (κ2) is 6.78. The van der Waals surface area contributed by atoms with E-state index in [1.807, 2.05) is 13.8 Å². The number of hydrogen-bond acceptors (Lipinski definition) is 5. The highest BCUT2D eigenvalue weighted by atomic mass is 35.5. The molecule has 0 saturated heterocycles. The molecule has 0 saturated carbocycles. The average Bonchev–Trinajstić information content (AvgIpc) is 3.12. The van der Waals surface area contributed by atoms with Crippen molar-refractivity contribution in [2.75, 3.05) is 5.01 Å². The quantitative estimate of drug-likeness (QED) is 0.575. The minimum absolute atomic E-state index is 0.0879. The highest BCUT2D eigenvalue weighted by Crippen LogP contribution is 2.31. The molecule has 2 unspecified atom stereocenters. The zero-order chi connectivity index (χ0) is 18.1. The molecule has 1 aliphatic heterocycles. The number of hydrazine groups is 1. The van der Waals surface area contributed by atoms with Crippen LogP contribution in [-0.2, 0) is 0 Å². The molecule has 2 atom stereocenters. The summed E-state index contributed by atoms with van der Waals surface area (Å²) in [5.74, 6) is 6.69. The normalized spacial score (nSPS) is 20.7. The van der Waals surface area contributed by atoms with E-state index >= 15 is 0 Å². The molecule has 0 radical (unpaired) electrons. The van der Waals surface area contributed by atoms with E-state index in [9.17, 15) is 4.79 Å². The van der Waals surface area contributed by atoms with Gasteiger partial charge >= 0.3 is 0 Å². The van der Waals surface area contributed by atoms with Gasteiger partial charge in [0.1, 0.15) is 5.82 Å².